The van der Waals surface area contributed by atoms with Gasteiger partial charge in [-0.05, 0) is 152 Å². The molecule has 7 aromatic rings. The number of benzene rings is 7. The van der Waals surface area contributed by atoms with Crippen LogP contribution in [-0.2, 0) is 103 Å². The van der Waals surface area contributed by atoms with Gasteiger partial charge in [0.25, 0.3) is 0 Å². The molecule has 0 saturated carbocycles. The van der Waals surface area contributed by atoms with Crippen molar-refractivity contribution in [2.75, 3.05) is 32.3 Å². The minimum Gasteiger partial charge on any atom is -0.870 e. The number of ketones is 1. The molecule has 0 aromatic heterocycles. The van der Waals surface area contributed by atoms with Gasteiger partial charge in [-0.15, -0.1) is 23.7 Å². The fourth-order valence-electron chi connectivity index (χ4n) is 12.4. The molecule has 0 spiro atoms. The van der Waals surface area contributed by atoms with Gasteiger partial charge in [-0.2, -0.15) is 18.2 Å². The average molecular weight is 1940 g/mol. The van der Waals surface area contributed by atoms with Gasteiger partial charge in [-0.1, -0.05) is 228 Å². The van der Waals surface area contributed by atoms with Crippen LogP contribution < -0.4 is 46.5 Å². The van der Waals surface area contributed by atoms with Crippen LogP contribution in [0.5, 0.6) is 0 Å². The van der Waals surface area contributed by atoms with Crippen molar-refractivity contribution in [3.8, 4) is 0 Å². The monoisotopic (exact) mass is 1930 g/mol. The number of allylic oxidation sites excluding steroid dienone is 3. The summed E-state index contributed by atoms with van der Waals surface area (Å²) >= 11 is 17.0. The number of carbonyl (C=O) groups excluding carboxylic acids is 6. The Kier molecular flexibility index (Phi) is 59.2. The molecule has 119 heavy (non-hydrogen) atoms. The van der Waals surface area contributed by atoms with Gasteiger partial charge in [0.1, 0.15) is 17.2 Å². The number of hydrogen-bond acceptors (Lipinski definition) is 14. The van der Waals surface area contributed by atoms with Crippen molar-refractivity contribution in [2.24, 2.45) is 11.8 Å². The molecule has 17 nitrogen and oxygen atoms in total. The number of halogens is 7. The van der Waals surface area contributed by atoms with Crippen molar-refractivity contribution in [1.82, 2.24) is 0 Å². The number of carboxylic acid groups (broad SMARTS) is 3. The van der Waals surface area contributed by atoms with Gasteiger partial charge < -0.3 is 56.7 Å². The quantitative estimate of drug-likeness (QED) is 0.00433. The maximum Gasteiger partial charge on any atom is 2.00 e. The normalized spacial score (nSPS) is 12.0. The van der Waals surface area contributed by atoms with E-state index in [2.05, 4.69) is 82.9 Å². The Hall–Kier alpha value is -6.52. The zero-order valence-corrected chi connectivity index (χ0v) is 81.2. The Morgan fingerprint density at radius 1 is 0.521 bits per heavy atom. The summed E-state index contributed by atoms with van der Waals surface area (Å²) in [5, 5.41) is 26.3. The molecule has 0 heterocycles. The van der Waals surface area contributed by atoms with E-state index in [1.807, 2.05) is 107 Å². The Morgan fingerprint density at radius 3 is 1.23 bits per heavy atom. The van der Waals surface area contributed by atoms with E-state index in [4.69, 9.17) is 57.5 Å². The summed E-state index contributed by atoms with van der Waals surface area (Å²) in [5.74, 6) is -8.73. The fraction of sp³-hybridized carbons (Fsp3) is 0.402. The van der Waals surface area contributed by atoms with Crippen molar-refractivity contribution < 1.29 is 155 Å². The molecule has 2 aliphatic rings. The molecule has 0 unspecified atom stereocenters. The standard InChI is InChI=1S/C16H21FO4.C15H19Cl.C12H13FO4.C11H13ClO.C11H14O2.C11H12O.C10H16O4.C6H4F.BrH.Cu.HI.Mg.Na.H2O/c1-5-20-14(18)13(15(19)21-6-2)16(3,4)11-7-9-12(17)10-8-11;1-15(2)11-12(7-5-6-10-16)13-8-3-4-9-14(13)15;1-12(2,9(10(14)15)11(16)17)7-3-5-8(13)6-4-7;2*1-11(2,8-10(12)13)9-6-4-3-5-7-9;1-11(2)7-10(12)8-5-3-4-6-9(8)11;1-5-13-9(11)8(7(3)4)10(12)14-6-2;7-6-4-2-1-3-5-6;;;;;;/h7-10,13H,5-6H2,1-4H3;3-4,8-9,11H,5-7,10H2,1-2H3;3-6,9H,1-2H3,(H,14,15)(H,16,17);3-7H,8H2,1-2H3;3-7H,8H2,1-2H3,(H,12,13);3-6H,7H2,1-2H3;5-6H2,1-4H3;2-5H;1H;;1H;;;1H2/q;;;;;;;-1;;+1;;+2;+1;/p-3. The Bertz CT molecular complexity index is 4190. The molecule has 9 rings (SSSR count). The van der Waals surface area contributed by atoms with Gasteiger partial charge in [-0.3, -0.25) is 33.6 Å². The molecular formula is C92H113BrCl2CuF3IMgNaO17. The maximum absolute atomic E-state index is 13.1. The van der Waals surface area contributed by atoms with Crippen molar-refractivity contribution in [3.63, 3.8) is 0 Å². The summed E-state index contributed by atoms with van der Waals surface area (Å²) in [6.45, 7) is 34.1. The van der Waals surface area contributed by atoms with Crippen LogP contribution in [0.25, 0.3) is 5.57 Å². The van der Waals surface area contributed by atoms with E-state index in [0.29, 0.717) is 29.5 Å². The van der Waals surface area contributed by atoms with Gasteiger partial charge >= 0.3 is 128 Å². The molecule has 0 fully saturated rings. The fourth-order valence-corrected chi connectivity index (χ4v) is 12.9. The van der Waals surface area contributed by atoms with E-state index in [0.717, 1.165) is 35.4 Å². The minimum absolute atomic E-state index is 0. The van der Waals surface area contributed by atoms with Gasteiger partial charge in [0.05, 0.1) is 32.8 Å². The topological polar surface area (TPSA) is 281 Å². The molecule has 0 saturated heterocycles. The predicted molar refractivity (Wildman–Crippen MR) is 460 cm³/mol. The smallest absolute Gasteiger partial charge is 0.870 e. The molecule has 646 valence electrons. The molecule has 0 amide bonds. The minimum atomic E-state index is -1.58. The van der Waals surface area contributed by atoms with Gasteiger partial charge in [-0.25, -0.2) is 22.8 Å². The van der Waals surface area contributed by atoms with E-state index >= 15 is 0 Å². The number of alkyl halides is 1. The molecule has 0 radical (unpaired) electrons. The number of aliphatic carboxylic acids is 3. The van der Waals surface area contributed by atoms with Gasteiger partial charge in [0, 0.05) is 51.8 Å². The molecule has 0 atom stereocenters. The largest absolute Gasteiger partial charge is 2.00 e. The summed E-state index contributed by atoms with van der Waals surface area (Å²) in [7, 11) is 0. The first-order valence-corrected chi connectivity index (χ1v) is 41.4. The number of Topliss-reactive ketones (excluding diaryl/α,β-unsaturated/α-hetero) is 1. The van der Waals surface area contributed by atoms with Crippen LogP contribution in [0.3, 0.4) is 0 Å². The number of fused-ring (bicyclic) bond motifs is 2. The number of ether oxygens (including phenoxy) is 4. The summed E-state index contributed by atoms with van der Waals surface area (Å²) in [4.78, 5) is 102. The van der Waals surface area contributed by atoms with Gasteiger partial charge in [0.2, 0.25) is 5.24 Å². The Balaban J connectivity index is -0.000000637. The van der Waals surface area contributed by atoms with Crippen LogP contribution in [0.15, 0.2) is 199 Å². The first-order valence-electron chi connectivity index (χ1n) is 37.4. The zero-order chi connectivity index (χ0) is 87.7. The summed E-state index contributed by atoms with van der Waals surface area (Å²) in [6.07, 6.45) is 7.09. The van der Waals surface area contributed by atoms with E-state index < -0.39 is 70.3 Å². The van der Waals surface area contributed by atoms with Crippen LogP contribution in [0.1, 0.15) is 212 Å². The SMILES string of the molecule is CC(C)(CC(=O)Cl)c1ccccc1.CC(C)(CC(=O)O)c1ccccc1.CC(C)(c1ccc(F)cc1)C(C(=O)O)C(=O)O.CC1(C)C=C(CCCCCl)c2ccccc21.CC1(C)CC(=O)c2ccccc21.CCOC(=O)C(C(=O)OCC)=C(C)C.CCOC(=O)C(C(=O)OCC)C(C)(C)c1ccc(F)cc1.Fc1cc[c-]cc1.[Br-].[Cu][I].[Mg+2].[Na+].[OH-]. The molecule has 7 aromatic carbocycles. The van der Waals surface area contributed by atoms with Crippen LogP contribution in [0.4, 0.5) is 13.2 Å². The zero-order valence-electron chi connectivity index (χ0n) is 71.6. The number of hydrogen-bond donors (Lipinski definition) is 3. The van der Waals surface area contributed by atoms with E-state index in [9.17, 15) is 56.3 Å². The molecule has 27 heteroatoms. The summed E-state index contributed by atoms with van der Waals surface area (Å²) in [5.41, 5.74) is 8.28. The first kappa shape index (κ1) is 119. The van der Waals surface area contributed by atoms with E-state index in [-0.39, 0.29) is 158 Å². The van der Waals surface area contributed by atoms with Gasteiger partial charge in [0.15, 0.2) is 17.6 Å². The Labute approximate surface area is 780 Å². The second-order valence-electron chi connectivity index (χ2n) is 30.3. The van der Waals surface area contributed by atoms with Crippen LogP contribution in [-0.4, -0.2) is 129 Å². The third-order valence-corrected chi connectivity index (χ3v) is 18.9. The van der Waals surface area contributed by atoms with E-state index in [1.165, 1.54) is 103 Å². The van der Waals surface area contributed by atoms with Crippen molar-refractivity contribution in [2.45, 2.75) is 196 Å². The number of rotatable bonds is 24. The third-order valence-electron chi connectivity index (χ3n) is 18.5. The third kappa shape index (κ3) is 41.0. The molecule has 0 aliphatic heterocycles. The van der Waals surface area contributed by atoms with Crippen LogP contribution >= 0.6 is 43.5 Å². The number of esters is 4. The summed E-state index contributed by atoms with van der Waals surface area (Å²) < 4.78 is 57.1. The molecule has 0 bridgehead atoms. The maximum atomic E-state index is 13.1. The van der Waals surface area contributed by atoms with Crippen molar-refractivity contribution in [1.29, 1.82) is 0 Å². The van der Waals surface area contributed by atoms with Crippen LogP contribution in [0.2, 0.25) is 0 Å². The van der Waals surface area contributed by atoms with E-state index in [1.54, 1.807) is 87.9 Å². The average Bonchev–Trinajstić information content (AvgIpc) is 1.69. The Morgan fingerprint density at radius 2 is 0.882 bits per heavy atom. The second kappa shape index (κ2) is 59.3. The van der Waals surface area contributed by atoms with Crippen LogP contribution in [0, 0.1) is 35.4 Å². The molecular weight excluding hydrogens is 1820 g/mol. The number of unbranched alkanes of at least 4 members (excludes halogenated alkanes) is 1. The second-order valence-corrected chi connectivity index (χ2v) is 31.1. The first-order chi connectivity index (χ1) is 53.8. The van der Waals surface area contributed by atoms with Crippen molar-refractivity contribution >= 4 is 125 Å². The number of carbonyl (C=O) groups is 9. The van der Waals surface area contributed by atoms with Crippen molar-refractivity contribution in [3.05, 3.63) is 267 Å². The predicted octanol–water partition coefficient (Wildman–Crippen LogP) is 15.0. The summed E-state index contributed by atoms with van der Waals surface area (Å²) in [6, 6.07) is 55.7. The molecule has 4 N–H and O–H groups in total. The number of carboxylic acids is 3. The molecule has 2 aliphatic carbocycles.